The number of hydrogen-bond donors (Lipinski definition) is 0. The first-order valence-electron chi connectivity index (χ1n) is 0.730. The van der Waals surface area contributed by atoms with E-state index in [0.717, 1.165) is 0 Å². The van der Waals surface area contributed by atoms with Crippen molar-refractivity contribution in [3.8, 4) is 0 Å². The van der Waals surface area contributed by atoms with Crippen LogP contribution in [0.2, 0.25) is 0 Å². The van der Waals surface area contributed by atoms with Gasteiger partial charge >= 0.3 is 81.9 Å². The maximum Gasteiger partial charge on any atom is 1.00 e. The van der Waals surface area contributed by atoms with Gasteiger partial charge in [0.2, 0.25) is 0 Å². The SMILES string of the molecule is S=P([S-])([S-])[S-].[Tl+].[Tl+].[Tl+]. The van der Waals surface area contributed by atoms with Crippen molar-refractivity contribution < 1.29 is 0 Å². The molecule has 0 amide bonds. The fraction of sp³-hybridized carbons (Fsp3) is 0. The van der Waals surface area contributed by atoms with Crippen molar-refractivity contribution in [1.29, 1.82) is 0 Å². The summed E-state index contributed by atoms with van der Waals surface area (Å²) in [6, 6.07) is 0. The molecule has 0 radical (unpaired) electrons. The van der Waals surface area contributed by atoms with Crippen LogP contribution in [0.1, 0.15) is 0 Å². The van der Waals surface area contributed by atoms with E-state index in [-0.39, 0.29) is 81.9 Å². The molecule has 0 bridgehead atoms. The van der Waals surface area contributed by atoms with Gasteiger partial charge in [0, 0.05) is 0 Å². The van der Waals surface area contributed by atoms with Crippen molar-refractivity contribution in [2.24, 2.45) is 0 Å². The zero-order chi connectivity index (χ0) is 4.50. The second-order valence-corrected chi connectivity index (χ2v) is 12.1. The van der Waals surface area contributed by atoms with Crippen LogP contribution in [0.3, 0.4) is 0 Å². The van der Waals surface area contributed by atoms with Crippen LogP contribution in [0.15, 0.2) is 0 Å². The van der Waals surface area contributed by atoms with Crippen LogP contribution in [0.25, 0.3) is 0 Å². The van der Waals surface area contributed by atoms with E-state index in [9.17, 15) is 0 Å². The van der Waals surface area contributed by atoms with E-state index >= 15 is 0 Å². The summed E-state index contributed by atoms with van der Waals surface area (Å²) in [4.78, 5) is 0. The number of rotatable bonds is 0. The van der Waals surface area contributed by atoms with Gasteiger partial charge in [-0.05, 0) is 0 Å². The van der Waals surface area contributed by atoms with Crippen molar-refractivity contribution in [3.05, 3.63) is 0 Å². The van der Waals surface area contributed by atoms with Gasteiger partial charge in [0.25, 0.3) is 0 Å². The van der Waals surface area contributed by atoms with Crippen LogP contribution >= 0.6 is 3.64 Å². The Bertz CT molecular complexity index is 57.4. The summed E-state index contributed by atoms with van der Waals surface area (Å²) in [5.74, 6) is 0. The van der Waals surface area contributed by atoms with E-state index in [1.165, 1.54) is 0 Å². The second kappa shape index (κ2) is 11.5. The van der Waals surface area contributed by atoms with E-state index in [4.69, 9.17) is 0 Å². The largest absolute Gasteiger partial charge is 1.00 e. The van der Waals surface area contributed by atoms with Crippen LogP contribution < -0.4 is 0 Å². The van der Waals surface area contributed by atoms with Gasteiger partial charge in [-0.1, -0.05) is 0 Å². The van der Waals surface area contributed by atoms with E-state index < -0.39 is 3.64 Å². The molecule has 0 aromatic carbocycles. The Labute approximate surface area is 131 Å². The summed E-state index contributed by atoms with van der Waals surface area (Å²) in [6.45, 7) is 0. The zero-order valence-corrected chi connectivity index (χ0v) is 21.4. The van der Waals surface area contributed by atoms with E-state index in [2.05, 4.69) is 48.6 Å². The molecule has 0 unspecified atom stereocenters. The van der Waals surface area contributed by atoms with Crippen LogP contribution in [0, 0.1) is 0 Å². The minimum absolute atomic E-state index is 0. The molecule has 0 aliphatic carbocycles. The Morgan fingerprint density at radius 3 is 0.875 bits per heavy atom. The molecule has 38 valence electrons. The molecule has 0 aromatic heterocycles. The third-order valence-electron chi connectivity index (χ3n) is 0. The molecule has 0 atom stereocenters. The summed E-state index contributed by atoms with van der Waals surface area (Å²) < 4.78 is -2.06. The Morgan fingerprint density at radius 2 is 0.875 bits per heavy atom. The minimum Gasteiger partial charge on any atom is -0.794 e. The monoisotopic (exact) mass is 774 g/mol. The molecule has 0 aliphatic rings. The van der Waals surface area contributed by atoms with Crippen LogP contribution in [0.5, 0.6) is 0 Å². The fourth-order valence-electron chi connectivity index (χ4n) is 0. The molecule has 0 spiro atoms. The molecule has 8 heavy (non-hydrogen) atoms. The van der Waals surface area contributed by atoms with Gasteiger partial charge in [-0.3, -0.25) is 0 Å². The standard InChI is InChI=1S/H3PS4.3Tl/c2-1(3,4)5;;;/h(H3,2,3,4,5);;;/q;3*+1/p-3. The summed E-state index contributed by atoms with van der Waals surface area (Å²) in [7, 11) is 0. The van der Waals surface area contributed by atoms with Gasteiger partial charge in [-0.25, -0.2) is 0 Å². The van der Waals surface area contributed by atoms with E-state index in [1.807, 2.05) is 0 Å². The van der Waals surface area contributed by atoms with Crippen molar-refractivity contribution in [3.63, 3.8) is 0 Å². The predicted molar refractivity (Wildman–Crippen MR) is 53.6 cm³/mol. The molecule has 8 heteroatoms. The third kappa shape index (κ3) is 47.0. The van der Waals surface area contributed by atoms with Crippen molar-refractivity contribution in [2.75, 3.05) is 0 Å². The smallest absolute Gasteiger partial charge is 0.794 e. The molecule has 0 fully saturated rings. The first kappa shape index (κ1) is 22.9. The molecular formula is PS4Tl3. The Hall–Kier alpha value is 4.47. The van der Waals surface area contributed by atoms with Crippen molar-refractivity contribution in [1.82, 2.24) is 0 Å². The topological polar surface area (TPSA) is 0 Å². The maximum absolute atomic E-state index is 4.38. The molecule has 0 nitrogen and oxygen atoms in total. The predicted octanol–water partition coefficient (Wildman–Crippen LogP) is -0.291. The number of hydrogen-bond acceptors (Lipinski definition) is 4. The Balaban J connectivity index is -0.0000000267. The fourth-order valence-corrected chi connectivity index (χ4v) is 0. The zero-order valence-electron chi connectivity index (χ0n) is 3.81. The van der Waals surface area contributed by atoms with Crippen LogP contribution in [-0.4, -0.2) is 81.9 Å². The maximum atomic E-state index is 4.38. The molecule has 0 aromatic rings. The van der Waals surface area contributed by atoms with Gasteiger partial charge in [-0.15, -0.1) is 0 Å². The average Bonchev–Trinajstić information content (AvgIpc) is 0.722. The van der Waals surface area contributed by atoms with Crippen molar-refractivity contribution in [2.45, 2.75) is 0 Å². The second-order valence-electron chi connectivity index (χ2n) is 0.447. The molecule has 0 rings (SSSR count). The van der Waals surface area contributed by atoms with Gasteiger partial charge in [0.15, 0.2) is 0 Å². The Morgan fingerprint density at radius 1 is 0.875 bits per heavy atom. The minimum atomic E-state index is -2.06. The molecule has 0 heterocycles. The molecule has 0 saturated heterocycles. The molecular weight excluding hydrogens is 772 g/mol. The summed E-state index contributed by atoms with van der Waals surface area (Å²) in [5, 5.41) is 0. The van der Waals surface area contributed by atoms with Crippen molar-refractivity contribution >= 4 is 134 Å². The summed E-state index contributed by atoms with van der Waals surface area (Å²) in [6.07, 6.45) is 0. The van der Waals surface area contributed by atoms with E-state index in [1.54, 1.807) is 0 Å². The quantitative estimate of drug-likeness (QED) is 0.189. The van der Waals surface area contributed by atoms with Gasteiger partial charge in [0.05, 0.1) is 0 Å². The van der Waals surface area contributed by atoms with Gasteiger partial charge in [-0.2, -0.15) is 11.8 Å². The molecule has 0 N–H and O–H groups in total. The Kier molecular flexibility index (Phi) is 32.8. The summed E-state index contributed by atoms with van der Waals surface area (Å²) >= 11 is 17.5. The van der Waals surface area contributed by atoms with Gasteiger partial charge < -0.3 is 40.4 Å². The first-order chi connectivity index (χ1) is 2.00. The van der Waals surface area contributed by atoms with Gasteiger partial charge in [0.1, 0.15) is 0 Å². The first-order valence-corrected chi connectivity index (χ1v) is 6.57. The normalized spacial score (nSPS) is 7.38. The summed E-state index contributed by atoms with van der Waals surface area (Å²) in [5.41, 5.74) is 0. The third-order valence-corrected chi connectivity index (χ3v) is 0. The van der Waals surface area contributed by atoms with Crippen LogP contribution in [0.4, 0.5) is 0 Å². The molecule has 0 aliphatic heterocycles. The average molecular weight is 772 g/mol. The van der Waals surface area contributed by atoms with E-state index in [0.29, 0.717) is 0 Å². The van der Waals surface area contributed by atoms with Crippen LogP contribution in [-0.2, 0) is 48.6 Å². The molecule has 0 saturated carbocycles.